The third kappa shape index (κ3) is 1.85. The molecule has 0 fully saturated rings. The van der Waals surface area contributed by atoms with Gasteiger partial charge in [-0.1, -0.05) is 29.3 Å². The van der Waals surface area contributed by atoms with Crippen molar-refractivity contribution in [2.75, 3.05) is 0 Å². The Morgan fingerprint density at radius 2 is 1.88 bits per heavy atom. The molecule has 0 saturated carbocycles. The number of nitrogens with zero attached hydrogens (tertiary/aromatic N) is 4. The van der Waals surface area contributed by atoms with Gasteiger partial charge in [-0.2, -0.15) is 9.61 Å². The van der Waals surface area contributed by atoms with Crippen LogP contribution < -0.4 is 0 Å². The number of hydrogen-bond donors (Lipinski definition) is 0. The summed E-state index contributed by atoms with van der Waals surface area (Å²) >= 11 is 11.8. The van der Waals surface area contributed by atoms with Gasteiger partial charge in [0.2, 0.25) is 0 Å². The smallest absolute Gasteiger partial charge is 0.177 e. The molecule has 1 aromatic carbocycles. The SMILES string of the molecule is Clc1ccc(-c2ccc3nncn3n2)cc1Cl. The largest absolute Gasteiger partial charge is 0.200 e. The number of halogens is 2. The summed E-state index contributed by atoms with van der Waals surface area (Å²) in [5.74, 6) is 0. The minimum absolute atomic E-state index is 0.509. The summed E-state index contributed by atoms with van der Waals surface area (Å²) in [5.41, 5.74) is 2.39. The molecule has 17 heavy (non-hydrogen) atoms. The van der Waals surface area contributed by atoms with E-state index in [4.69, 9.17) is 23.2 Å². The van der Waals surface area contributed by atoms with E-state index in [0.29, 0.717) is 15.7 Å². The molecule has 4 nitrogen and oxygen atoms in total. The molecule has 0 unspecified atom stereocenters. The van der Waals surface area contributed by atoms with E-state index in [2.05, 4.69) is 15.3 Å². The molecule has 2 aromatic heterocycles. The first kappa shape index (κ1) is 10.5. The average molecular weight is 265 g/mol. The van der Waals surface area contributed by atoms with Crippen molar-refractivity contribution in [3.05, 3.63) is 46.7 Å². The van der Waals surface area contributed by atoms with Crippen LogP contribution in [0.3, 0.4) is 0 Å². The van der Waals surface area contributed by atoms with Gasteiger partial charge < -0.3 is 0 Å². The fourth-order valence-corrected chi connectivity index (χ4v) is 1.84. The number of aromatic nitrogens is 4. The summed E-state index contributed by atoms with van der Waals surface area (Å²) in [6.07, 6.45) is 1.55. The lowest BCUT2D eigenvalue weighted by Crippen LogP contribution is -1.93. The van der Waals surface area contributed by atoms with E-state index < -0.39 is 0 Å². The zero-order valence-corrected chi connectivity index (χ0v) is 10.0. The van der Waals surface area contributed by atoms with Crippen molar-refractivity contribution in [3.63, 3.8) is 0 Å². The molecule has 0 aliphatic rings. The van der Waals surface area contributed by atoms with Gasteiger partial charge in [0.15, 0.2) is 5.65 Å². The van der Waals surface area contributed by atoms with Crippen LogP contribution in [0.15, 0.2) is 36.7 Å². The lowest BCUT2D eigenvalue weighted by molar-refractivity contribution is 0.932. The van der Waals surface area contributed by atoms with E-state index in [1.807, 2.05) is 18.2 Å². The lowest BCUT2D eigenvalue weighted by Gasteiger charge is -2.02. The second-order valence-corrected chi connectivity index (χ2v) is 4.30. The van der Waals surface area contributed by atoms with Crippen LogP contribution in [-0.2, 0) is 0 Å². The first-order chi connectivity index (χ1) is 8.24. The van der Waals surface area contributed by atoms with Crippen LogP contribution >= 0.6 is 23.2 Å². The van der Waals surface area contributed by atoms with Crippen molar-refractivity contribution in [2.45, 2.75) is 0 Å². The van der Waals surface area contributed by atoms with Crippen LogP contribution in [0.2, 0.25) is 10.0 Å². The van der Waals surface area contributed by atoms with Gasteiger partial charge in [0, 0.05) is 5.56 Å². The van der Waals surface area contributed by atoms with Crippen molar-refractivity contribution >= 4 is 28.8 Å². The summed E-state index contributed by atoms with van der Waals surface area (Å²) < 4.78 is 1.61. The number of benzene rings is 1. The predicted molar refractivity (Wildman–Crippen MR) is 66.2 cm³/mol. The summed E-state index contributed by atoms with van der Waals surface area (Å²) in [5, 5.41) is 13.1. The van der Waals surface area contributed by atoms with Crippen LogP contribution in [0.4, 0.5) is 0 Å². The van der Waals surface area contributed by atoms with Gasteiger partial charge >= 0.3 is 0 Å². The Balaban J connectivity index is 2.16. The number of hydrogen-bond acceptors (Lipinski definition) is 3. The zero-order chi connectivity index (χ0) is 11.8. The Bertz CT molecular complexity index is 693. The van der Waals surface area contributed by atoms with Crippen molar-refractivity contribution < 1.29 is 0 Å². The second-order valence-electron chi connectivity index (χ2n) is 3.48. The quantitative estimate of drug-likeness (QED) is 0.679. The molecule has 2 heterocycles. The topological polar surface area (TPSA) is 43.1 Å². The van der Waals surface area contributed by atoms with Crippen LogP contribution in [0.5, 0.6) is 0 Å². The van der Waals surface area contributed by atoms with Gasteiger partial charge in [-0.3, -0.25) is 0 Å². The molecule has 0 bridgehead atoms. The highest BCUT2D eigenvalue weighted by Gasteiger charge is 2.05. The third-order valence-electron chi connectivity index (χ3n) is 2.38. The van der Waals surface area contributed by atoms with E-state index in [1.165, 1.54) is 0 Å². The second kappa shape index (κ2) is 3.98. The summed E-state index contributed by atoms with van der Waals surface area (Å²) in [6, 6.07) is 9.10. The standard InChI is InChI=1S/C11H6Cl2N4/c12-8-2-1-7(5-9(8)13)10-3-4-11-15-14-6-17(11)16-10/h1-6H. The van der Waals surface area contributed by atoms with E-state index >= 15 is 0 Å². The third-order valence-corrected chi connectivity index (χ3v) is 3.12. The van der Waals surface area contributed by atoms with Crippen molar-refractivity contribution in [3.8, 4) is 11.3 Å². The highest BCUT2D eigenvalue weighted by Crippen LogP contribution is 2.27. The fraction of sp³-hybridized carbons (Fsp3) is 0. The van der Waals surface area contributed by atoms with E-state index in [9.17, 15) is 0 Å². The maximum atomic E-state index is 5.97. The average Bonchev–Trinajstić information content (AvgIpc) is 2.79. The highest BCUT2D eigenvalue weighted by atomic mass is 35.5. The Labute approximate surface area is 107 Å². The van der Waals surface area contributed by atoms with Gasteiger partial charge in [-0.05, 0) is 24.3 Å². The summed E-state index contributed by atoms with van der Waals surface area (Å²) in [7, 11) is 0. The fourth-order valence-electron chi connectivity index (χ4n) is 1.54. The maximum absolute atomic E-state index is 5.97. The van der Waals surface area contributed by atoms with Crippen molar-refractivity contribution in [2.24, 2.45) is 0 Å². The molecular weight excluding hydrogens is 259 g/mol. The van der Waals surface area contributed by atoms with Gasteiger partial charge in [0.05, 0.1) is 15.7 Å². The zero-order valence-electron chi connectivity index (χ0n) is 8.51. The van der Waals surface area contributed by atoms with Crippen LogP contribution in [0, 0.1) is 0 Å². The molecule has 0 aliphatic carbocycles. The number of fused-ring (bicyclic) bond motifs is 1. The van der Waals surface area contributed by atoms with E-state index in [0.717, 1.165) is 11.3 Å². The minimum Gasteiger partial charge on any atom is -0.200 e. The molecule has 0 saturated heterocycles. The van der Waals surface area contributed by atoms with Gasteiger partial charge in [-0.15, -0.1) is 10.2 Å². The van der Waals surface area contributed by atoms with Gasteiger partial charge in [0.25, 0.3) is 0 Å². The molecule has 0 spiro atoms. The molecule has 6 heteroatoms. The van der Waals surface area contributed by atoms with Crippen molar-refractivity contribution in [1.29, 1.82) is 0 Å². The highest BCUT2D eigenvalue weighted by molar-refractivity contribution is 6.42. The first-order valence-electron chi connectivity index (χ1n) is 4.86. The Hall–Kier alpha value is -1.65. The Morgan fingerprint density at radius 1 is 1.00 bits per heavy atom. The molecule has 84 valence electrons. The maximum Gasteiger partial charge on any atom is 0.177 e. The molecule has 0 radical (unpaired) electrons. The Morgan fingerprint density at radius 3 is 2.71 bits per heavy atom. The number of rotatable bonds is 1. The predicted octanol–water partition coefficient (Wildman–Crippen LogP) is 3.10. The normalized spacial score (nSPS) is 10.9. The monoisotopic (exact) mass is 264 g/mol. The van der Waals surface area contributed by atoms with Crippen LogP contribution in [0.1, 0.15) is 0 Å². The van der Waals surface area contributed by atoms with E-state index in [1.54, 1.807) is 23.0 Å². The minimum atomic E-state index is 0.509. The molecule has 3 aromatic rings. The van der Waals surface area contributed by atoms with Gasteiger partial charge in [0.1, 0.15) is 6.33 Å². The van der Waals surface area contributed by atoms with E-state index in [-0.39, 0.29) is 0 Å². The molecule has 3 rings (SSSR count). The molecule has 0 aliphatic heterocycles. The molecular formula is C11H6Cl2N4. The Kier molecular flexibility index (Phi) is 2.46. The first-order valence-corrected chi connectivity index (χ1v) is 5.62. The molecule has 0 N–H and O–H groups in total. The van der Waals surface area contributed by atoms with Crippen LogP contribution in [0.25, 0.3) is 16.9 Å². The van der Waals surface area contributed by atoms with Gasteiger partial charge in [-0.25, -0.2) is 0 Å². The van der Waals surface area contributed by atoms with Crippen molar-refractivity contribution in [1.82, 2.24) is 19.8 Å². The van der Waals surface area contributed by atoms with Crippen LogP contribution in [-0.4, -0.2) is 19.8 Å². The summed E-state index contributed by atoms with van der Waals surface area (Å²) in [6.45, 7) is 0. The lowest BCUT2D eigenvalue weighted by atomic mass is 10.1. The molecule has 0 atom stereocenters. The molecule has 0 amide bonds. The summed E-state index contributed by atoms with van der Waals surface area (Å²) in [4.78, 5) is 0.